The van der Waals surface area contributed by atoms with Crippen molar-refractivity contribution < 1.29 is 23.7 Å². The summed E-state index contributed by atoms with van der Waals surface area (Å²) < 4.78 is 22.3. The van der Waals surface area contributed by atoms with E-state index in [1.54, 1.807) is 32.2 Å². The number of ketones is 1. The molecule has 1 heterocycles. The monoisotopic (exact) mass is 431 g/mol. The van der Waals surface area contributed by atoms with Crippen LogP contribution in [-0.4, -0.2) is 33.2 Å². The van der Waals surface area contributed by atoms with E-state index >= 15 is 0 Å². The maximum Gasteiger partial charge on any atom is 0.203 e. The molecule has 0 amide bonds. The molecule has 164 valence electrons. The van der Waals surface area contributed by atoms with Crippen molar-refractivity contribution in [3.05, 3.63) is 71.3 Å². The normalized spacial score (nSPS) is 12.9. The molecule has 0 aliphatic carbocycles. The van der Waals surface area contributed by atoms with Crippen molar-refractivity contribution in [1.82, 2.24) is 0 Å². The summed E-state index contributed by atoms with van der Waals surface area (Å²) in [7, 11) is 3.13. The van der Waals surface area contributed by atoms with Gasteiger partial charge < -0.3 is 24.7 Å². The number of fused-ring (bicyclic) bond motifs is 1. The van der Waals surface area contributed by atoms with Crippen molar-refractivity contribution in [1.29, 1.82) is 0 Å². The first-order chi connectivity index (χ1) is 15.5. The number of Topliss-reactive ketones (excluding diaryl/α,β-unsaturated/α-hetero) is 1. The van der Waals surface area contributed by atoms with Crippen molar-refractivity contribution >= 4 is 17.5 Å². The van der Waals surface area contributed by atoms with Crippen molar-refractivity contribution in [3.8, 4) is 34.1 Å². The van der Waals surface area contributed by atoms with Gasteiger partial charge in [-0.05, 0) is 65.6 Å². The largest absolute Gasteiger partial charge is 0.495 e. The number of hydrogen-bond donors (Lipinski definition) is 1. The second kappa shape index (κ2) is 9.06. The van der Waals surface area contributed by atoms with Gasteiger partial charge in [-0.15, -0.1) is 0 Å². The zero-order chi connectivity index (χ0) is 22.7. The van der Waals surface area contributed by atoms with Crippen LogP contribution in [0, 0.1) is 0 Å². The molecule has 0 fully saturated rings. The number of methoxy groups -OCH3 is 2. The molecule has 0 aromatic heterocycles. The van der Waals surface area contributed by atoms with E-state index in [0.717, 1.165) is 16.7 Å². The van der Waals surface area contributed by atoms with E-state index in [-0.39, 0.29) is 5.78 Å². The molecule has 0 radical (unpaired) electrons. The fraction of sp³-hybridized carbons (Fsp3) is 0.192. The van der Waals surface area contributed by atoms with Crippen molar-refractivity contribution in [3.63, 3.8) is 0 Å². The third-order valence-electron chi connectivity index (χ3n) is 5.33. The first-order valence-electron chi connectivity index (χ1n) is 10.3. The van der Waals surface area contributed by atoms with Crippen LogP contribution in [0.4, 0.5) is 5.69 Å². The Hall–Kier alpha value is -3.93. The number of nitrogens with two attached hydrogens (primary N) is 1. The topological polar surface area (TPSA) is 80.0 Å². The average molecular weight is 431 g/mol. The minimum atomic E-state index is -0.0992. The van der Waals surface area contributed by atoms with Gasteiger partial charge in [0.15, 0.2) is 17.3 Å². The number of allylic oxidation sites excluding steroid dienone is 1. The maximum atomic E-state index is 13.0. The molecule has 0 bridgehead atoms. The minimum Gasteiger partial charge on any atom is -0.495 e. The molecule has 0 atom stereocenters. The number of anilines is 1. The average Bonchev–Trinajstić information content (AvgIpc) is 2.83. The highest BCUT2D eigenvalue weighted by molar-refractivity contribution is 6.11. The van der Waals surface area contributed by atoms with Gasteiger partial charge in [-0.25, -0.2) is 0 Å². The lowest BCUT2D eigenvalue weighted by atomic mass is 9.95. The van der Waals surface area contributed by atoms with Crippen LogP contribution in [0.5, 0.6) is 23.0 Å². The quantitative estimate of drug-likeness (QED) is 0.336. The Bertz CT molecular complexity index is 1180. The second-order valence-electron chi connectivity index (χ2n) is 7.40. The van der Waals surface area contributed by atoms with E-state index in [0.29, 0.717) is 53.0 Å². The molecule has 1 aliphatic heterocycles. The van der Waals surface area contributed by atoms with Gasteiger partial charge in [0.05, 0.1) is 19.9 Å². The number of ether oxygens (including phenoxy) is 4. The first-order valence-corrected chi connectivity index (χ1v) is 10.3. The van der Waals surface area contributed by atoms with Crippen LogP contribution in [0.3, 0.4) is 0 Å². The van der Waals surface area contributed by atoms with Gasteiger partial charge in [-0.2, -0.15) is 0 Å². The lowest BCUT2D eigenvalue weighted by molar-refractivity contribution is 0.103. The molecular formula is C26H25NO5. The van der Waals surface area contributed by atoms with Gasteiger partial charge in [-0.1, -0.05) is 24.3 Å². The van der Waals surface area contributed by atoms with Gasteiger partial charge in [0.1, 0.15) is 19.0 Å². The zero-order valence-electron chi connectivity index (χ0n) is 18.3. The third-order valence-corrected chi connectivity index (χ3v) is 5.33. The van der Waals surface area contributed by atoms with Crippen LogP contribution >= 0.6 is 0 Å². The van der Waals surface area contributed by atoms with E-state index < -0.39 is 0 Å². The molecule has 0 saturated carbocycles. The Balaban J connectivity index is 1.73. The first kappa shape index (κ1) is 21.3. The molecule has 0 unspecified atom stereocenters. The van der Waals surface area contributed by atoms with Crippen molar-refractivity contribution in [2.75, 3.05) is 33.2 Å². The summed E-state index contributed by atoms with van der Waals surface area (Å²) in [5, 5.41) is 0. The Kier molecular flexibility index (Phi) is 6.03. The number of carbonyl (C=O) groups is 1. The molecule has 0 saturated heterocycles. The van der Waals surface area contributed by atoms with Gasteiger partial charge in [0.25, 0.3) is 0 Å². The molecule has 1 aliphatic rings. The van der Waals surface area contributed by atoms with Crippen LogP contribution in [0.25, 0.3) is 17.2 Å². The Morgan fingerprint density at radius 3 is 2.50 bits per heavy atom. The lowest BCUT2D eigenvalue weighted by Gasteiger charge is -2.22. The molecule has 3 aromatic rings. The summed E-state index contributed by atoms with van der Waals surface area (Å²) in [6.07, 6.45) is 1.88. The smallest absolute Gasteiger partial charge is 0.203 e. The summed E-state index contributed by atoms with van der Waals surface area (Å²) in [4.78, 5) is 13.0. The lowest BCUT2D eigenvalue weighted by Crippen LogP contribution is -2.16. The van der Waals surface area contributed by atoms with Gasteiger partial charge in [-0.3, -0.25) is 4.79 Å². The SMILES string of the molecule is COc1cc(C(=O)C(C)=Cc2ccccc2-c2cc(OC)c3c(c2)OCCO3)ccc1N. The van der Waals surface area contributed by atoms with Gasteiger partial charge >= 0.3 is 0 Å². The summed E-state index contributed by atoms with van der Waals surface area (Å²) in [6, 6.07) is 16.8. The number of carbonyl (C=O) groups excluding carboxylic acids is 1. The summed E-state index contributed by atoms with van der Waals surface area (Å²) in [6.45, 7) is 2.77. The fourth-order valence-corrected chi connectivity index (χ4v) is 3.69. The zero-order valence-corrected chi connectivity index (χ0v) is 18.3. The number of benzene rings is 3. The Morgan fingerprint density at radius 2 is 1.72 bits per heavy atom. The number of hydrogen-bond acceptors (Lipinski definition) is 6. The van der Waals surface area contributed by atoms with E-state index in [1.807, 2.05) is 42.5 Å². The summed E-state index contributed by atoms with van der Waals surface area (Å²) in [5.41, 5.74) is 10.2. The third kappa shape index (κ3) is 4.12. The van der Waals surface area contributed by atoms with Gasteiger partial charge in [0.2, 0.25) is 5.75 Å². The molecule has 6 heteroatoms. The Labute approximate surface area is 187 Å². The summed E-state index contributed by atoms with van der Waals surface area (Å²) in [5.74, 6) is 2.24. The van der Waals surface area contributed by atoms with Crippen LogP contribution in [-0.2, 0) is 0 Å². The van der Waals surface area contributed by atoms with E-state index in [2.05, 4.69) is 0 Å². The van der Waals surface area contributed by atoms with Crippen molar-refractivity contribution in [2.24, 2.45) is 0 Å². The van der Waals surface area contributed by atoms with Crippen LogP contribution in [0.15, 0.2) is 60.2 Å². The summed E-state index contributed by atoms with van der Waals surface area (Å²) >= 11 is 0. The highest BCUT2D eigenvalue weighted by atomic mass is 16.6. The molecule has 32 heavy (non-hydrogen) atoms. The predicted molar refractivity (Wildman–Crippen MR) is 125 cm³/mol. The minimum absolute atomic E-state index is 0.0992. The second-order valence-corrected chi connectivity index (χ2v) is 7.40. The van der Waals surface area contributed by atoms with E-state index in [4.69, 9.17) is 24.7 Å². The van der Waals surface area contributed by atoms with E-state index in [9.17, 15) is 4.79 Å². The fourth-order valence-electron chi connectivity index (χ4n) is 3.69. The Morgan fingerprint density at radius 1 is 0.969 bits per heavy atom. The molecule has 4 rings (SSSR count). The standard InChI is InChI=1S/C26H25NO5/c1-16(25(28)18-8-9-21(27)22(13-18)29-2)12-17-6-4-5-7-20(17)19-14-23(30-3)26-24(15-19)31-10-11-32-26/h4-9,12-15H,10-11,27H2,1-3H3. The number of nitrogen functional groups attached to an aromatic ring is 1. The molecule has 6 nitrogen and oxygen atoms in total. The van der Waals surface area contributed by atoms with Gasteiger partial charge in [0, 0.05) is 5.56 Å². The number of rotatable bonds is 6. The highest BCUT2D eigenvalue weighted by Gasteiger charge is 2.20. The molecule has 3 aromatic carbocycles. The van der Waals surface area contributed by atoms with Crippen LogP contribution in [0.2, 0.25) is 0 Å². The molecule has 0 spiro atoms. The molecular weight excluding hydrogens is 406 g/mol. The maximum absolute atomic E-state index is 13.0. The molecule has 2 N–H and O–H groups in total. The van der Waals surface area contributed by atoms with Crippen LogP contribution < -0.4 is 24.7 Å². The highest BCUT2D eigenvalue weighted by Crippen LogP contribution is 2.43. The van der Waals surface area contributed by atoms with E-state index in [1.165, 1.54) is 7.11 Å². The van der Waals surface area contributed by atoms with Crippen molar-refractivity contribution in [2.45, 2.75) is 6.92 Å². The van der Waals surface area contributed by atoms with Crippen LogP contribution in [0.1, 0.15) is 22.8 Å². The predicted octanol–water partition coefficient (Wildman–Crippen LogP) is 5.01.